The highest BCUT2D eigenvalue weighted by Crippen LogP contribution is 2.42. The summed E-state index contributed by atoms with van der Waals surface area (Å²) in [6.07, 6.45) is 4.32. The van der Waals surface area contributed by atoms with Gasteiger partial charge in [-0.1, -0.05) is 6.07 Å². The van der Waals surface area contributed by atoms with Crippen LogP contribution in [0.25, 0.3) is 10.6 Å². The Morgan fingerprint density at radius 1 is 1.33 bits per heavy atom. The van der Waals surface area contributed by atoms with Crippen molar-refractivity contribution < 1.29 is 4.42 Å². The number of aryl methyl sites for hydroxylation is 1. The molecule has 0 spiro atoms. The van der Waals surface area contributed by atoms with E-state index in [1.807, 2.05) is 12.1 Å². The number of hydrogen-bond donors (Lipinski definition) is 1. The largest absolute Gasteiger partial charge is 0.468 e. The van der Waals surface area contributed by atoms with Crippen molar-refractivity contribution >= 4 is 11.3 Å². The van der Waals surface area contributed by atoms with Gasteiger partial charge in [-0.3, -0.25) is 9.58 Å². The zero-order chi connectivity index (χ0) is 18.2. The van der Waals surface area contributed by atoms with Gasteiger partial charge in [0.15, 0.2) is 0 Å². The van der Waals surface area contributed by atoms with Gasteiger partial charge in [0.05, 0.1) is 17.7 Å². The lowest BCUT2D eigenvalue weighted by molar-refractivity contribution is 0.0280. The van der Waals surface area contributed by atoms with Crippen LogP contribution in [0.4, 0.5) is 0 Å². The molecule has 3 saturated heterocycles. The van der Waals surface area contributed by atoms with E-state index in [9.17, 15) is 0 Å². The summed E-state index contributed by atoms with van der Waals surface area (Å²) in [5.41, 5.74) is 2.52. The van der Waals surface area contributed by atoms with Gasteiger partial charge < -0.3 is 9.73 Å². The molecule has 0 radical (unpaired) electrons. The fourth-order valence-electron chi connectivity index (χ4n) is 4.83. The monoisotopic (exact) mass is 382 g/mol. The van der Waals surface area contributed by atoms with E-state index >= 15 is 0 Å². The molecule has 27 heavy (non-hydrogen) atoms. The van der Waals surface area contributed by atoms with Crippen LogP contribution < -0.4 is 5.32 Å². The van der Waals surface area contributed by atoms with Gasteiger partial charge in [0, 0.05) is 37.8 Å². The minimum atomic E-state index is 0.603. The molecule has 5 nitrogen and oxygen atoms in total. The SMILES string of the molecule is Cn1nc(-c2cccs2)cc1C1CN2CCC1CC2CNCc1ccco1. The summed E-state index contributed by atoms with van der Waals surface area (Å²) in [7, 11) is 2.10. The number of rotatable bonds is 6. The number of piperidine rings is 3. The third-order valence-corrected chi connectivity index (χ3v) is 7.10. The minimum Gasteiger partial charge on any atom is -0.468 e. The van der Waals surface area contributed by atoms with Crippen molar-refractivity contribution in [2.75, 3.05) is 19.6 Å². The lowest BCUT2D eigenvalue weighted by atomic mass is 9.74. The second-order valence-corrected chi connectivity index (χ2v) is 8.75. The summed E-state index contributed by atoms with van der Waals surface area (Å²) in [4.78, 5) is 3.94. The first-order valence-electron chi connectivity index (χ1n) is 9.83. The summed E-state index contributed by atoms with van der Waals surface area (Å²) in [5, 5.41) is 10.5. The Labute approximate surface area is 164 Å². The number of nitrogens with zero attached hydrogens (tertiary/aromatic N) is 3. The van der Waals surface area contributed by atoms with Gasteiger partial charge in [0.25, 0.3) is 0 Å². The smallest absolute Gasteiger partial charge is 0.117 e. The molecule has 3 aliphatic rings. The molecule has 0 aromatic carbocycles. The molecule has 0 saturated carbocycles. The molecule has 3 fully saturated rings. The maximum atomic E-state index is 5.42. The second-order valence-electron chi connectivity index (χ2n) is 7.81. The topological polar surface area (TPSA) is 46.2 Å². The number of fused-ring (bicyclic) bond motifs is 3. The molecule has 3 aromatic rings. The van der Waals surface area contributed by atoms with Gasteiger partial charge in [-0.25, -0.2) is 0 Å². The van der Waals surface area contributed by atoms with Gasteiger partial charge in [-0.15, -0.1) is 11.3 Å². The van der Waals surface area contributed by atoms with Crippen molar-refractivity contribution in [3.63, 3.8) is 0 Å². The average molecular weight is 383 g/mol. The van der Waals surface area contributed by atoms with E-state index in [1.165, 1.54) is 30.0 Å². The summed E-state index contributed by atoms with van der Waals surface area (Å²) in [5.74, 6) is 2.38. The summed E-state index contributed by atoms with van der Waals surface area (Å²) in [6.45, 7) is 4.23. The molecule has 4 atom stereocenters. The molecule has 6 heteroatoms. The van der Waals surface area contributed by atoms with Crippen LogP contribution in [0.15, 0.2) is 46.4 Å². The number of nitrogens with one attached hydrogen (secondary N) is 1. The van der Waals surface area contributed by atoms with Crippen LogP contribution >= 0.6 is 11.3 Å². The highest BCUT2D eigenvalue weighted by atomic mass is 32.1. The Hall–Kier alpha value is -1.89. The average Bonchev–Trinajstić information content (AvgIpc) is 3.44. The quantitative estimate of drug-likeness (QED) is 0.706. The Balaban J connectivity index is 1.25. The molecule has 2 bridgehead atoms. The molecule has 142 valence electrons. The normalized spacial score (nSPS) is 27.3. The van der Waals surface area contributed by atoms with Gasteiger partial charge >= 0.3 is 0 Å². The lowest BCUT2D eigenvalue weighted by Gasteiger charge is -2.50. The van der Waals surface area contributed by atoms with E-state index in [0.29, 0.717) is 12.0 Å². The Bertz CT molecular complexity index is 870. The number of thiophene rings is 1. The molecule has 3 aliphatic heterocycles. The van der Waals surface area contributed by atoms with Gasteiger partial charge in [0.2, 0.25) is 0 Å². The highest BCUT2D eigenvalue weighted by molar-refractivity contribution is 7.13. The molecular formula is C21H26N4OS. The molecule has 6 heterocycles. The van der Waals surface area contributed by atoms with Crippen LogP contribution in [0.2, 0.25) is 0 Å². The van der Waals surface area contributed by atoms with Crippen LogP contribution in [-0.2, 0) is 13.6 Å². The summed E-state index contributed by atoms with van der Waals surface area (Å²) in [6, 6.07) is 11.2. The molecular weight excluding hydrogens is 356 g/mol. The van der Waals surface area contributed by atoms with Gasteiger partial charge in [-0.2, -0.15) is 5.10 Å². The maximum Gasteiger partial charge on any atom is 0.117 e. The molecule has 0 aliphatic carbocycles. The predicted octanol–water partition coefficient (Wildman–Crippen LogP) is 3.71. The molecule has 4 unspecified atom stereocenters. The third kappa shape index (κ3) is 3.37. The van der Waals surface area contributed by atoms with Crippen LogP contribution in [0, 0.1) is 5.92 Å². The zero-order valence-corrected chi connectivity index (χ0v) is 16.5. The third-order valence-electron chi connectivity index (χ3n) is 6.21. The van der Waals surface area contributed by atoms with Gasteiger partial charge in [-0.05, 0) is 54.9 Å². The number of hydrogen-bond acceptors (Lipinski definition) is 5. The standard InChI is InChI=1S/C21H26N4OS/c1-24-20(11-19(23-24)21-5-3-9-27-21)18-14-25-7-6-15(18)10-16(25)12-22-13-17-4-2-8-26-17/h2-5,8-9,11,15-16,18,22H,6-7,10,12-14H2,1H3. The van der Waals surface area contributed by atoms with Crippen LogP contribution in [0.5, 0.6) is 0 Å². The first-order valence-corrected chi connectivity index (χ1v) is 10.7. The van der Waals surface area contributed by atoms with E-state index < -0.39 is 0 Å². The van der Waals surface area contributed by atoms with E-state index in [4.69, 9.17) is 9.52 Å². The van der Waals surface area contributed by atoms with Crippen molar-refractivity contribution in [1.29, 1.82) is 0 Å². The van der Waals surface area contributed by atoms with Crippen LogP contribution in [0.1, 0.15) is 30.2 Å². The van der Waals surface area contributed by atoms with E-state index in [-0.39, 0.29) is 0 Å². The van der Waals surface area contributed by atoms with Crippen molar-refractivity contribution in [2.45, 2.75) is 31.3 Å². The second kappa shape index (κ2) is 7.26. The zero-order valence-electron chi connectivity index (χ0n) is 15.7. The lowest BCUT2D eigenvalue weighted by Crippen LogP contribution is -2.55. The van der Waals surface area contributed by atoms with E-state index in [2.05, 4.69) is 45.5 Å². The first kappa shape index (κ1) is 17.2. The van der Waals surface area contributed by atoms with Crippen molar-refractivity contribution in [3.05, 3.63) is 53.4 Å². The molecule has 3 aromatic heterocycles. The van der Waals surface area contributed by atoms with E-state index in [1.54, 1.807) is 17.6 Å². The Kier molecular flexibility index (Phi) is 4.63. The van der Waals surface area contributed by atoms with Crippen LogP contribution in [-0.4, -0.2) is 40.4 Å². The minimum absolute atomic E-state index is 0.603. The number of furan rings is 1. The van der Waals surface area contributed by atoms with Crippen LogP contribution in [0.3, 0.4) is 0 Å². The molecule has 0 amide bonds. The highest BCUT2D eigenvalue weighted by Gasteiger charge is 2.41. The number of aromatic nitrogens is 2. The maximum absolute atomic E-state index is 5.42. The Morgan fingerprint density at radius 2 is 2.30 bits per heavy atom. The molecule has 1 N–H and O–H groups in total. The molecule has 6 rings (SSSR count). The predicted molar refractivity (Wildman–Crippen MR) is 108 cm³/mol. The fraction of sp³-hybridized carbons (Fsp3) is 0.476. The summed E-state index contributed by atoms with van der Waals surface area (Å²) >= 11 is 1.77. The van der Waals surface area contributed by atoms with Crippen molar-refractivity contribution in [3.8, 4) is 10.6 Å². The van der Waals surface area contributed by atoms with Crippen molar-refractivity contribution in [2.24, 2.45) is 13.0 Å². The Morgan fingerprint density at radius 3 is 3.04 bits per heavy atom. The van der Waals surface area contributed by atoms with Crippen molar-refractivity contribution in [1.82, 2.24) is 20.0 Å². The first-order chi connectivity index (χ1) is 13.3. The fourth-order valence-corrected chi connectivity index (χ4v) is 5.52. The summed E-state index contributed by atoms with van der Waals surface area (Å²) < 4.78 is 7.54. The van der Waals surface area contributed by atoms with Gasteiger partial charge in [0.1, 0.15) is 11.5 Å². The van der Waals surface area contributed by atoms with E-state index in [0.717, 1.165) is 37.0 Å².